The number of benzene rings is 3. The molecule has 0 radical (unpaired) electrons. The zero-order valence-electron chi connectivity index (χ0n) is 16.2. The summed E-state index contributed by atoms with van der Waals surface area (Å²) in [5, 5.41) is 2.95. The van der Waals surface area contributed by atoms with Crippen molar-refractivity contribution in [1.29, 1.82) is 0 Å². The molecule has 0 heterocycles. The first-order chi connectivity index (χ1) is 14.2. The van der Waals surface area contributed by atoms with E-state index in [0.29, 0.717) is 0 Å². The minimum Gasteiger partial charge on any atom is -0.497 e. The summed E-state index contributed by atoms with van der Waals surface area (Å²) in [4.78, 5) is 24.5. The Hall–Kier alpha value is -3.60. The summed E-state index contributed by atoms with van der Waals surface area (Å²) in [6, 6.07) is 26.2. The number of hydrogen-bond donors (Lipinski definition) is 1. The first-order valence-electron chi connectivity index (χ1n) is 9.33. The number of amides is 1. The lowest BCUT2D eigenvalue weighted by Crippen LogP contribution is -2.33. The van der Waals surface area contributed by atoms with Gasteiger partial charge in [-0.25, -0.2) is 0 Å². The normalized spacial score (nSPS) is 10.4. The summed E-state index contributed by atoms with van der Waals surface area (Å²) < 4.78 is 10.2. The highest BCUT2D eigenvalue weighted by Crippen LogP contribution is 2.21. The molecule has 5 nitrogen and oxygen atoms in total. The third-order valence-corrected chi connectivity index (χ3v) is 4.44. The molecule has 0 aliphatic rings. The number of methoxy groups -OCH3 is 1. The summed E-state index contributed by atoms with van der Waals surface area (Å²) >= 11 is 0. The molecule has 0 aliphatic heterocycles. The van der Waals surface area contributed by atoms with Crippen molar-refractivity contribution in [3.05, 3.63) is 102 Å². The van der Waals surface area contributed by atoms with Gasteiger partial charge in [0.05, 0.1) is 19.6 Å². The molecule has 5 heteroatoms. The lowest BCUT2D eigenvalue weighted by molar-refractivity contribution is -0.148. The molecule has 3 aromatic rings. The Labute approximate surface area is 170 Å². The highest BCUT2D eigenvalue weighted by atomic mass is 16.5. The van der Waals surface area contributed by atoms with Crippen molar-refractivity contribution in [3.63, 3.8) is 0 Å². The van der Waals surface area contributed by atoms with Crippen LogP contribution >= 0.6 is 0 Å². The Morgan fingerprint density at radius 1 is 0.828 bits per heavy atom. The Morgan fingerprint density at radius 3 is 1.90 bits per heavy atom. The van der Waals surface area contributed by atoms with Crippen molar-refractivity contribution in [2.75, 3.05) is 13.7 Å². The van der Waals surface area contributed by atoms with Crippen LogP contribution in [0.3, 0.4) is 0 Å². The quantitative estimate of drug-likeness (QED) is 0.597. The van der Waals surface area contributed by atoms with Gasteiger partial charge in [0.2, 0.25) is 0 Å². The zero-order chi connectivity index (χ0) is 20.5. The highest BCUT2D eigenvalue weighted by Gasteiger charge is 2.17. The van der Waals surface area contributed by atoms with Gasteiger partial charge >= 0.3 is 5.97 Å². The summed E-state index contributed by atoms with van der Waals surface area (Å²) in [6.45, 7) is -0.328. The molecular formula is C24H23NO4. The molecule has 1 amide bonds. The molecule has 0 saturated heterocycles. The molecule has 0 aromatic heterocycles. The average molecular weight is 389 g/mol. The van der Waals surface area contributed by atoms with Gasteiger partial charge in [0, 0.05) is 0 Å². The molecule has 0 bridgehead atoms. The van der Waals surface area contributed by atoms with Gasteiger partial charge < -0.3 is 14.8 Å². The SMILES string of the molecule is COc1ccc(CC(=O)OCC(=O)NC(c2ccccc2)c2ccccc2)cc1. The molecule has 0 unspecified atom stereocenters. The maximum atomic E-state index is 12.4. The van der Waals surface area contributed by atoms with Gasteiger partial charge in [-0.1, -0.05) is 72.8 Å². The van der Waals surface area contributed by atoms with Gasteiger partial charge in [-0.15, -0.1) is 0 Å². The van der Waals surface area contributed by atoms with Crippen LogP contribution in [0.5, 0.6) is 5.75 Å². The minimum absolute atomic E-state index is 0.0953. The summed E-state index contributed by atoms with van der Waals surface area (Å²) in [6.07, 6.45) is 0.0953. The van der Waals surface area contributed by atoms with E-state index in [1.807, 2.05) is 60.7 Å². The second-order valence-corrected chi connectivity index (χ2v) is 6.51. The van der Waals surface area contributed by atoms with E-state index >= 15 is 0 Å². The number of carbonyl (C=O) groups excluding carboxylic acids is 2. The fourth-order valence-corrected chi connectivity index (χ4v) is 2.96. The molecular weight excluding hydrogens is 366 g/mol. The molecule has 1 N–H and O–H groups in total. The first-order valence-corrected chi connectivity index (χ1v) is 9.33. The van der Waals surface area contributed by atoms with Crippen LogP contribution in [0.1, 0.15) is 22.7 Å². The van der Waals surface area contributed by atoms with E-state index in [0.717, 1.165) is 22.4 Å². The largest absolute Gasteiger partial charge is 0.497 e. The maximum absolute atomic E-state index is 12.4. The van der Waals surface area contributed by atoms with Gasteiger partial charge in [0.1, 0.15) is 5.75 Å². The van der Waals surface area contributed by atoms with Crippen molar-refractivity contribution >= 4 is 11.9 Å². The van der Waals surface area contributed by atoms with Crippen LogP contribution in [0, 0.1) is 0 Å². The van der Waals surface area contributed by atoms with Crippen molar-refractivity contribution in [2.45, 2.75) is 12.5 Å². The molecule has 0 spiro atoms. The van der Waals surface area contributed by atoms with Crippen molar-refractivity contribution in [3.8, 4) is 5.75 Å². The Kier molecular flexibility index (Phi) is 7.00. The average Bonchev–Trinajstić information content (AvgIpc) is 2.78. The van der Waals surface area contributed by atoms with Crippen LogP contribution in [0.4, 0.5) is 0 Å². The summed E-state index contributed by atoms with van der Waals surface area (Å²) in [7, 11) is 1.58. The number of nitrogens with one attached hydrogen (secondary N) is 1. The smallest absolute Gasteiger partial charge is 0.310 e. The van der Waals surface area contributed by atoms with E-state index in [1.165, 1.54) is 0 Å². The maximum Gasteiger partial charge on any atom is 0.310 e. The summed E-state index contributed by atoms with van der Waals surface area (Å²) in [5.74, 6) is -0.0959. The predicted molar refractivity (Wildman–Crippen MR) is 111 cm³/mol. The molecule has 3 aromatic carbocycles. The molecule has 0 aliphatic carbocycles. The fourth-order valence-electron chi connectivity index (χ4n) is 2.96. The number of carbonyl (C=O) groups is 2. The topological polar surface area (TPSA) is 64.6 Å². The number of ether oxygens (including phenoxy) is 2. The van der Waals surface area contributed by atoms with Crippen LogP contribution in [0.25, 0.3) is 0 Å². The standard InChI is InChI=1S/C24H23NO4/c1-28-21-14-12-18(13-15-21)16-23(27)29-17-22(26)25-24(19-8-4-2-5-9-19)20-10-6-3-7-11-20/h2-15,24H,16-17H2,1H3,(H,25,26). The van der Waals surface area contributed by atoms with Gasteiger partial charge in [-0.2, -0.15) is 0 Å². The molecule has 3 rings (SSSR count). The second kappa shape index (κ2) is 10.1. The third-order valence-electron chi connectivity index (χ3n) is 4.44. The molecule has 29 heavy (non-hydrogen) atoms. The van der Waals surface area contributed by atoms with E-state index in [1.54, 1.807) is 31.4 Å². The van der Waals surface area contributed by atoms with Crippen LogP contribution in [0.2, 0.25) is 0 Å². The van der Waals surface area contributed by atoms with Gasteiger partial charge in [-0.05, 0) is 28.8 Å². The van der Waals surface area contributed by atoms with E-state index in [-0.39, 0.29) is 25.0 Å². The monoisotopic (exact) mass is 389 g/mol. The number of hydrogen-bond acceptors (Lipinski definition) is 4. The lowest BCUT2D eigenvalue weighted by Gasteiger charge is -2.20. The Morgan fingerprint density at radius 2 is 1.38 bits per heavy atom. The highest BCUT2D eigenvalue weighted by molar-refractivity contribution is 5.81. The molecule has 0 fully saturated rings. The van der Waals surface area contributed by atoms with E-state index in [4.69, 9.17) is 9.47 Å². The van der Waals surface area contributed by atoms with Crippen molar-refractivity contribution in [2.24, 2.45) is 0 Å². The van der Waals surface area contributed by atoms with E-state index in [2.05, 4.69) is 5.32 Å². The zero-order valence-corrected chi connectivity index (χ0v) is 16.2. The number of rotatable bonds is 8. The summed E-state index contributed by atoms with van der Waals surface area (Å²) in [5.41, 5.74) is 2.70. The van der Waals surface area contributed by atoms with Crippen LogP contribution < -0.4 is 10.1 Å². The molecule has 148 valence electrons. The van der Waals surface area contributed by atoms with E-state index < -0.39 is 5.97 Å². The fraction of sp³-hybridized carbons (Fsp3) is 0.167. The van der Waals surface area contributed by atoms with Gasteiger partial charge in [-0.3, -0.25) is 9.59 Å². The second-order valence-electron chi connectivity index (χ2n) is 6.51. The van der Waals surface area contributed by atoms with Crippen LogP contribution in [0.15, 0.2) is 84.9 Å². The van der Waals surface area contributed by atoms with Crippen LogP contribution in [-0.2, 0) is 20.7 Å². The van der Waals surface area contributed by atoms with Crippen LogP contribution in [-0.4, -0.2) is 25.6 Å². The van der Waals surface area contributed by atoms with E-state index in [9.17, 15) is 9.59 Å². The minimum atomic E-state index is -0.457. The Bertz CT molecular complexity index is 885. The van der Waals surface area contributed by atoms with Gasteiger partial charge in [0.15, 0.2) is 6.61 Å². The van der Waals surface area contributed by atoms with Crippen molar-refractivity contribution < 1.29 is 19.1 Å². The lowest BCUT2D eigenvalue weighted by atomic mass is 9.99. The van der Waals surface area contributed by atoms with Crippen molar-refractivity contribution in [1.82, 2.24) is 5.32 Å². The predicted octanol–water partition coefficient (Wildman–Crippen LogP) is 3.69. The molecule has 0 atom stereocenters. The third kappa shape index (κ3) is 5.94. The Balaban J connectivity index is 1.58. The first kappa shape index (κ1) is 20.1. The number of esters is 1. The van der Waals surface area contributed by atoms with Gasteiger partial charge in [0.25, 0.3) is 5.91 Å². The molecule has 0 saturated carbocycles.